The summed E-state index contributed by atoms with van der Waals surface area (Å²) in [4.78, 5) is 37.7. The number of benzene rings is 3. The van der Waals surface area contributed by atoms with Crippen molar-refractivity contribution in [1.29, 1.82) is 0 Å². The zero-order valence-electron chi connectivity index (χ0n) is 18.5. The number of rotatable bonds is 7. The molecule has 0 aliphatic rings. The largest absolute Gasteiger partial charge is 0.508 e. The molecule has 1 amide bonds. The van der Waals surface area contributed by atoms with Gasteiger partial charge in [-0.3, -0.25) is 23.9 Å². The number of nitrogens with one attached hydrogen (secondary N) is 1. The fourth-order valence-corrected chi connectivity index (χ4v) is 3.94. The summed E-state index contributed by atoms with van der Waals surface area (Å²) in [6.07, 6.45) is 3.18. The summed E-state index contributed by atoms with van der Waals surface area (Å²) in [7, 11) is 0. The molecule has 8 nitrogen and oxygen atoms in total. The van der Waals surface area contributed by atoms with Gasteiger partial charge in [-0.15, -0.1) is 0 Å². The van der Waals surface area contributed by atoms with Crippen LogP contribution in [0.4, 0.5) is 0 Å². The van der Waals surface area contributed by atoms with Crippen LogP contribution in [0.25, 0.3) is 17.0 Å². The van der Waals surface area contributed by atoms with Crippen LogP contribution < -0.4 is 16.7 Å². The first-order valence-corrected chi connectivity index (χ1v) is 11.2. The van der Waals surface area contributed by atoms with Crippen LogP contribution >= 0.6 is 11.6 Å². The molecule has 178 valence electrons. The number of nitrogens with zero attached hydrogens (tertiary/aromatic N) is 2. The molecule has 0 saturated heterocycles. The molecule has 35 heavy (non-hydrogen) atoms. The molecule has 0 saturated carbocycles. The second-order valence-electron chi connectivity index (χ2n) is 7.95. The number of carbonyl (C=O) groups is 1. The highest BCUT2D eigenvalue weighted by Gasteiger charge is 2.14. The Bertz CT molecular complexity index is 1520. The van der Waals surface area contributed by atoms with Crippen LogP contribution in [0.15, 0.2) is 82.4 Å². The number of aromatic hydroxyl groups is 1. The van der Waals surface area contributed by atoms with Crippen molar-refractivity contribution in [3.05, 3.63) is 115 Å². The van der Waals surface area contributed by atoms with Gasteiger partial charge in [-0.05, 0) is 59.5 Å². The quantitative estimate of drug-likeness (QED) is 0.208. The Kier molecular flexibility index (Phi) is 7.14. The Morgan fingerprint density at radius 3 is 2.31 bits per heavy atom. The molecule has 9 heteroatoms. The first-order valence-electron chi connectivity index (χ1n) is 10.8. The zero-order chi connectivity index (χ0) is 24.9. The second-order valence-corrected chi connectivity index (χ2v) is 8.39. The van der Waals surface area contributed by atoms with Crippen LogP contribution in [0.3, 0.4) is 0 Å². The number of hydrogen-bond donors (Lipinski definition) is 3. The molecule has 1 aromatic heterocycles. The summed E-state index contributed by atoms with van der Waals surface area (Å²) >= 11 is 6.18. The minimum Gasteiger partial charge on any atom is -0.508 e. The maximum Gasteiger partial charge on any atom is 0.331 e. The summed E-state index contributed by atoms with van der Waals surface area (Å²) in [5, 5.41) is 18.9. The fraction of sp³-hybridized carbons (Fsp3) is 0.115. The van der Waals surface area contributed by atoms with Crippen LogP contribution in [0, 0.1) is 0 Å². The number of phenols is 1. The fourth-order valence-electron chi connectivity index (χ4n) is 3.77. The van der Waals surface area contributed by atoms with Crippen LogP contribution in [0.1, 0.15) is 16.7 Å². The van der Waals surface area contributed by atoms with Gasteiger partial charge >= 0.3 is 5.69 Å². The molecule has 0 fully saturated rings. The number of aryl methyl sites for hydroxylation is 1. The molecule has 0 atom stereocenters. The van der Waals surface area contributed by atoms with Crippen molar-refractivity contribution in [2.24, 2.45) is 0 Å². The molecule has 0 unspecified atom stereocenters. The smallest absolute Gasteiger partial charge is 0.331 e. The third-order valence-corrected chi connectivity index (χ3v) is 5.84. The van der Waals surface area contributed by atoms with Crippen molar-refractivity contribution in [2.75, 3.05) is 0 Å². The van der Waals surface area contributed by atoms with E-state index >= 15 is 0 Å². The molecule has 0 aliphatic carbocycles. The van der Waals surface area contributed by atoms with Crippen molar-refractivity contribution in [3.63, 3.8) is 0 Å². The predicted octanol–water partition coefficient (Wildman–Crippen LogP) is 3.33. The van der Waals surface area contributed by atoms with Gasteiger partial charge in [-0.25, -0.2) is 10.3 Å². The lowest BCUT2D eigenvalue weighted by atomic mass is 10.1. The number of amides is 1. The molecule has 0 spiro atoms. The number of halogens is 1. The first kappa shape index (κ1) is 24.0. The van der Waals surface area contributed by atoms with E-state index in [-0.39, 0.29) is 24.4 Å². The lowest BCUT2D eigenvalue weighted by molar-refractivity contribution is -0.124. The SMILES string of the molecule is O=C(/C=C/c1ccc(Cn2c(=O)n(CCc3ccc(O)cc3)c(=O)c3ccc(Cl)cc32)cc1)NO. The van der Waals surface area contributed by atoms with Gasteiger partial charge < -0.3 is 5.11 Å². The average molecular weight is 492 g/mol. The van der Waals surface area contributed by atoms with E-state index in [0.29, 0.717) is 22.3 Å². The summed E-state index contributed by atoms with van der Waals surface area (Å²) in [6, 6.07) is 18.6. The number of phenolic OH excluding ortho intramolecular Hbond substituents is 1. The van der Waals surface area contributed by atoms with Crippen LogP contribution in [-0.2, 0) is 24.3 Å². The summed E-state index contributed by atoms with van der Waals surface area (Å²) in [6.45, 7) is 0.383. The lowest BCUT2D eigenvalue weighted by Gasteiger charge is -2.15. The maximum atomic E-state index is 13.4. The van der Waals surface area contributed by atoms with E-state index in [0.717, 1.165) is 16.7 Å². The number of hydrogen-bond acceptors (Lipinski definition) is 5. The highest BCUT2D eigenvalue weighted by atomic mass is 35.5. The van der Waals surface area contributed by atoms with Gasteiger partial charge in [0.25, 0.3) is 11.5 Å². The molecule has 3 N–H and O–H groups in total. The minimum absolute atomic E-state index is 0.147. The van der Waals surface area contributed by atoms with E-state index in [9.17, 15) is 19.5 Å². The van der Waals surface area contributed by atoms with E-state index in [2.05, 4.69) is 0 Å². The average Bonchev–Trinajstić information content (AvgIpc) is 2.86. The Labute approximate surface area is 204 Å². The van der Waals surface area contributed by atoms with Crippen molar-refractivity contribution < 1.29 is 15.1 Å². The highest BCUT2D eigenvalue weighted by molar-refractivity contribution is 6.31. The van der Waals surface area contributed by atoms with Crippen LogP contribution in [-0.4, -0.2) is 25.4 Å². The van der Waals surface area contributed by atoms with Gasteiger partial charge in [0.05, 0.1) is 17.4 Å². The van der Waals surface area contributed by atoms with Gasteiger partial charge in [0.15, 0.2) is 0 Å². The van der Waals surface area contributed by atoms with Crippen LogP contribution in [0.2, 0.25) is 5.02 Å². The molecule has 0 radical (unpaired) electrons. The Hall–Kier alpha value is -4.14. The lowest BCUT2D eigenvalue weighted by Crippen LogP contribution is -2.40. The molecular formula is C26H22ClN3O5. The third-order valence-electron chi connectivity index (χ3n) is 5.61. The van der Waals surface area contributed by atoms with Crippen molar-refractivity contribution in [2.45, 2.75) is 19.5 Å². The second kappa shape index (κ2) is 10.4. The summed E-state index contributed by atoms with van der Waals surface area (Å²) in [5.41, 5.74) is 3.55. The number of fused-ring (bicyclic) bond motifs is 1. The van der Waals surface area contributed by atoms with E-state index in [1.807, 2.05) is 12.1 Å². The maximum absolute atomic E-state index is 13.4. The molecule has 0 aliphatic heterocycles. The highest BCUT2D eigenvalue weighted by Crippen LogP contribution is 2.18. The molecule has 1 heterocycles. The van der Waals surface area contributed by atoms with Crippen molar-refractivity contribution in [3.8, 4) is 5.75 Å². The molecule has 4 rings (SSSR count). The summed E-state index contributed by atoms with van der Waals surface area (Å²) in [5.74, 6) is -0.493. The van der Waals surface area contributed by atoms with E-state index in [1.54, 1.807) is 60.7 Å². The van der Waals surface area contributed by atoms with Gasteiger partial charge in [0.2, 0.25) is 0 Å². The molecular weight excluding hydrogens is 470 g/mol. The Balaban J connectivity index is 1.70. The van der Waals surface area contributed by atoms with Gasteiger partial charge in [-0.2, -0.15) is 0 Å². The van der Waals surface area contributed by atoms with E-state index in [1.165, 1.54) is 20.7 Å². The summed E-state index contributed by atoms with van der Waals surface area (Å²) < 4.78 is 2.73. The predicted molar refractivity (Wildman–Crippen MR) is 134 cm³/mol. The van der Waals surface area contributed by atoms with Crippen molar-refractivity contribution >= 4 is 34.5 Å². The van der Waals surface area contributed by atoms with Gasteiger partial charge in [0, 0.05) is 17.6 Å². The van der Waals surface area contributed by atoms with Gasteiger partial charge in [-0.1, -0.05) is 48.0 Å². The molecule has 4 aromatic rings. The normalized spacial score (nSPS) is 11.3. The van der Waals surface area contributed by atoms with E-state index < -0.39 is 11.6 Å². The number of hydroxylamine groups is 1. The molecule has 0 bridgehead atoms. The Morgan fingerprint density at radius 2 is 1.63 bits per heavy atom. The van der Waals surface area contributed by atoms with Gasteiger partial charge in [0.1, 0.15) is 5.75 Å². The Morgan fingerprint density at radius 1 is 0.943 bits per heavy atom. The number of carbonyl (C=O) groups excluding carboxylic acids is 1. The minimum atomic E-state index is -0.640. The first-order chi connectivity index (χ1) is 16.9. The monoisotopic (exact) mass is 491 g/mol. The standard InChI is InChI=1S/C26H22ClN3O5/c27-20-8-11-22-23(15-20)30(16-19-3-1-17(2-4-19)7-12-24(32)28-35)26(34)29(25(22)33)14-13-18-5-9-21(31)10-6-18/h1-12,15,31,35H,13-14,16H2,(H,28,32)/b12-7+. The van der Waals surface area contributed by atoms with Crippen LogP contribution in [0.5, 0.6) is 5.75 Å². The third kappa shape index (κ3) is 5.51. The van der Waals surface area contributed by atoms with Crippen molar-refractivity contribution in [1.82, 2.24) is 14.6 Å². The number of aromatic nitrogens is 2. The van der Waals surface area contributed by atoms with E-state index in [4.69, 9.17) is 16.8 Å². The topological polar surface area (TPSA) is 114 Å². The molecule has 3 aromatic carbocycles. The zero-order valence-corrected chi connectivity index (χ0v) is 19.3.